The lowest BCUT2D eigenvalue weighted by molar-refractivity contribution is -0.139. The first-order chi connectivity index (χ1) is 15.5. The molecule has 0 heterocycles. The van der Waals surface area contributed by atoms with Gasteiger partial charge in [0.15, 0.2) is 0 Å². The van der Waals surface area contributed by atoms with Gasteiger partial charge in [0.05, 0.1) is 11.9 Å². The molecule has 2 amide bonds. The molecule has 0 aromatic heterocycles. The molecule has 2 aromatic carbocycles. The van der Waals surface area contributed by atoms with E-state index in [0.717, 1.165) is 41.1 Å². The van der Waals surface area contributed by atoms with Crippen LogP contribution < -0.4 is 9.62 Å². The molecule has 0 aliphatic carbocycles. The van der Waals surface area contributed by atoms with Gasteiger partial charge in [-0.3, -0.25) is 13.9 Å². The third-order valence-corrected chi connectivity index (χ3v) is 6.45. The van der Waals surface area contributed by atoms with Crippen LogP contribution in [0.5, 0.6) is 0 Å². The number of hydrogen-bond donors (Lipinski definition) is 1. The summed E-state index contributed by atoms with van der Waals surface area (Å²) < 4.78 is 39.1. The number of nitrogens with zero attached hydrogens (tertiary/aromatic N) is 2. The zero-order chi connectivity index (χ0) is 24.6. The van der Waals surface area contributed by atoms with E-state index in [9.17, 15) is 22.4 Å². The molecule has 2 aromatic rings. The number of hydrogen-bond acceptors (Lipinski definition) is 4. The maximum atomic E-state index is 13.3. The fourth-order valence-corrected chi connectivity index (χ4v) is 4.10. The standard InChI is InChI=1S/C23H29ClFN3O4S/c1-4-5-14-26-23(30)17(2)27(15-18-6-8-19(24)9-7-18)22(29)16-28(33(3,31)32)21-12-10-20(25)11-13-21/h6-13,17H,4-5,14-16H2,1-3H3,(H,26,30). The summed E-state index contributed by atoms with van der Waals surface area (Å²) in [7, 11) is -3.86. The van der Waals surface area contributed by atoms with Crippen molar-refractivity contribution in [3.63, 3.8) is 0 Å². The highest BCUT2D eigenvalue weighted by Crippen LogP contribution is 2.20. The second-order valence-corrected chi connectivity index (χ2v) is 10.1. The van der Waals surface area contributed by atoms with Gasteiger partial charge in [0, 0.05) is 18.1 Å². The maximum Gasteiger partial charge on any atom is 0.244 e. The minimum Gasteiger partial charge on any atom is -0.354 e. The van der Waals surface area contributed by atoms with Gasteiger partial charge >= 0.3 is 0 Å². The monoisotopic (exact) mass is 497 g/mol. The number of amides is 2. The van der Waals surface area contributed by atoms with E-state index >= 15 is 0 Å². The molecular weight excluding hydrogens is 469 g/mol. The lowest BCUT2D eigenvalue weighted by Gasteiger charge is -2.31. The van der Waals surface area contributed by atoms with Crippen molar-refractivity contribution in [3.05, 3.63) is 64.9 Å². The molecular formula is C23H29ClFN3O4S. The number of benzene rings is 2. The second kappa shape index (κ2) is 12.0. The summed E-state index contributed by atoms with van der Waals surface area (Å²) in [5.41, 5.74) is 0.882. The van der Waals surface area contributed by atoms with Crippen LogP contribution in [0.4, 0.5) is 10.1 Å². The fraction of sp³-hybridized carbons (Fsp3) is 0.391. The summed E-state index contributed by atoms with van der Waals surface area (Å²) in [5.74, 6) is -1.43. The summed E-state index contributed by atoms with van der Waals surface area (Å²) in [5, 5.41) is 3.34. The molecule has 10 heteroatoms. The molecule has 1 N–H and O–H groups in total. The molecule has 180 valence electrons. The molecule has 2 rings (SSSR count). The SMILES string of the molecule is CCCCNC(=O)C(C)N(Cc1ccc(Cl)cc1)C(=O)CN(c1ccc(F)cc1)S(C)(=O)=O. The normalized spacial score (nSPS) is 12.2. The molecule has 0 saturated carbocycles. The molecule has 0 aliphatic heterocycles. The topological polar surface area (TPSA) is 86.8 Å². The Morgan fingerprint density at radius 1 is 1.09 bits per heavy atom. The molecule has 33 heavy (non-hydrogen) atoms. The van der Waals surface area contributed by atoms with E-state index in [-0.39, 0.29) is 18.1 Å². The summed E-state index contributed by atoms with van der Waals surface area (Å²) in [6, 6.07) is 10.8. The third-order valence-electron chi connectivity index (χ3n) is 5.06. The van der Waals surface area contributed by atoms with Crippen LogP contribution in [0.2, 0.25) is 5.02 Å². The molecule has 0 saturated heterocycles. The largest absolute Gasteiger partial charge is 0.354 e. The molecule has 7 nitrogen and oxygen atoms in total. The number of anilines is 1. The first-order valence-electron chi connectivity index (χ1n) is 10.6. The smallest absolute Gasteiger partial charge is 0.244 e. The Balaban J connectivity index is 2.32. The number of halogens is 2. The van der Waals surface area contributed by atoms with Crippen molar-refractivity contribution < 1.29 is 22.4 Å². The highest BCUT2D eigenvalue weighted by atomic mass is 35.5. The summed E-state index contributed by atoms with van der Waals surface area (Å²) >= 11 is 5.95. The average molecular weight is 498 g/mol. The van der Waals surface area contributed by atoms with Crippen LogP contribution in [-0.2, 0) is 26.2 Å². The molecule has 0 bridgehead atoms. The highest BCUT2D eigenvalue weighted by Gasteiger charge is 2.30. The summed E-state index contributed by atoms with van der Waals surface area (Å²) in [6.07, 6.45) is 2.67. The van der Waals surface area contributed by atoms with Crippen molar-refractivity contribution in [2.75, 3.05) is 23.7 Å². The predicted molar refractivity (Wildman–Crippen MR) is 128 cm³/mol. The van der Waals surface area contributed by atoms with Crippen LogP contribution in [0.1, 0.15) is 32.3 Å². The van der Waals surface area contributed by atoms with Gasteiger partial charge in [-0.15, -0.1) is 0 Å². The first kappa shape index (κ1) is 26.6. The molecule has 0 aliphatic rings. The quantitative estimate of drug-likeness (QED) is 0.481. The fourth-order valence-electron chi connectivity index (χ4n) is 3.13. The van der Waals surface area contributed by atoms with E-state index in [1.165, 1.54) is 17.0 Å². The van der Waals surface area contributed by atoms with Crippen molar-refractivity contribution in [1.82, 2.24) is 10.2 Å². The Morgan fingerprint density at radius 2 is 1.70 bits per heavy atom. The lowest BCUT2D eigenvalue weighted by Crippen LogP contribution is -2.51. The minimum atomic E-state index is -3.86. The van der Waals surface area contributed by atoms with Gasteiger partial charge in [0.1, 0.15) is 18.4 Å². The maximum absolute atomic E-state index is 13.3. The van der Waals surface area contributed by atoms with Crippen molar-refractivity contribution in [2.45, 2.75) is 39.3 Å². The van der Waals surface area contributed by atoms with Crippen LogP contribution in [0.3, 0.4) is 0 Å². The van der Waals surface area contributed by atoms with Gasteiger partial charge in [-0.05, 0) is 55.3 Å². The van der Waals surface area contributed by atoms with Gasteiger partial charge in [-0.2, -0.15) is 0 Å². The van der Waals surface area contributed by atoms with Gasteiger partial charge in [-0.25, -0.2) is 12.8 Å². The van der Waals surface area contributed by atoms with Gasteiger partial charge in [0.2, 0.25) is 21.8 Å². The third kappa shape index (κ3) is 8.01. The summed E-state index contributed by atoms with van der Waals surface area (Å²) in [4.78, 5) is 27.4. The Kier molecular flexibility index (Phi) is 9.67. The lowest BCUT2D eigenvalue weighted by atomic mass is 10.1. The predicted octanol–water partition coefficient (Wildman–Crippen LogP) is 3.58. The van der Waals surface area contributed by atoms with E-state index in [4.69, 9.17) is 11.6 Å². The van der Waals surface area contributed by atoms with Crippen LogP contribution in [-0.4, -0.2) is 50.5 Å². The Hall–Kier alpha value is -2.65. The van der Waals surface area contributed by atoms with Gasteiger partial charge < -0.3 is 10.2 Å². The zero-order valence-corrected chi connectivity index (χ0v) is 20.5. The molecule has 1 atom stereocenters. The molecule has 1 unspecified atom stereocenters. The van der Waals surface area contributed by atoms with Crippen molar-refractivity contribution in [3.8, 4) is 0 Å². The number of sulfonamides is 1. The van der Waals surface area contributed by atoms with E-state index in [2.05, 4.69) is 5.32 Å². The van der Waals surface area contributed by atoms with Crippen molar-refractivity contribution in [1.29, 1.82) is 0 Å². The highest BCUT2D eigenvalue weighted by molar-refractivity contribution is 7.92. The molecule has 0 spiro atoms. The molecule has 0 fully saturated rings. The van der Waals surface area contributed by atoms with Crippen LogP contribution in [0.25, 0.3) is 0 Å². The number of nitrogens with one attached hydrogen (secondary N) is 1. The first-order valence-corrected chi connectivity index (χ1v) is 12.8. The average Bonchev–Trinajstić information content (AvgIpc) is 2.76. The number of carbonyl (C=O) groups excluding carboxylic acids is 2. The second-order valence-electron chi connectivity index (χ2n) is 7.71. The van der Waals surface area contributed by atoms with E-state index in [0.29, 0.717) is 11.6 Å². The van der Waals surface area contributed by atoms with Crippen molar-refractivity contribution >= 4 is 39.1 Å². The minimum absolute atomic E-state index is 0.0827. The van der Waals surface area contributed by atoms with Crippen LogP contribution in [0, 0.1) is 5.82 Å². The van der Waals surface area contributed by atoms with Crippen molar-refractivity contribution in [2.24, 2.45) is 0 Å². The zero-order valence-electron chi connectivity index (χ0n) is 18.9. The molecule has 0 radical (unpaired) electrons. The Labute approximate surface area is 199 Å². The summed E-state index contributed by atoms with van der Waals surface area (Å²) in [6.45, 7) is 3.62. The Morgan fingerprint density at radius 3 is 2.24 bits per heavy atom. The van der Waals surface area contributed by atoms with Gasteiger partial charge in [-0.1, -0.05) is 37.1 Å². The van der Waals surface area contributed by atoms with Crippen LogP contribution >= 0.6 is 11.6 Å². The number of rotatable bonds is 11. The number of unbranched alkanes of at least 4 members (excludes halogenated alkanes) is 1. The van der Waals surface area contributed by atoms with E-state index in [1.807, 2.05) is 6.92 Å². The van der Waals surface area contributed by atoms with Crippen LogP contribution in [0.15, 0.2) is 48.5 Å². The Bertz CT molecular complexity index is 1050. The number of carbonyl (C=O) groups is 2. The van der Waals surface area contributed by atoms with E-state index < -0.39 is 34.3 Å². The van der Waals surface area contributed by atoms with Gasteiger partial charge in [0.25, 0.3) is 0 Å². The van der Waals surface area contributed by atoms with E-state index in [1.54, 1.807) is 31.2 Å².